The summed E-state index contributed by atoms with van der Waals surface area (Å²) in [5, 5.41) is 5.02. The van der Waals surface area contributed by atoms with E-state index in [1.807, 2.05) is 0 Å². The van der Waals surface area contributed by atoms with E-state index in [1.54, 1.807) is 0 Å². The van der Waals surface area contributed by atoms with Crippen LogP contribution >= 0.6 is 0 Å². The molecule has 0 atom stereocenters. The van der Waals surface area contributed by atoms with Crippen LogP contribution in [0.15, 0.2) is 194 Å². The summed E-state index contributed by atoms with van der Waals surface area (Å²) in [6.45, 7) is 0. The Hall–Kier alpha value is -6.64. The Morgan fingerprint density at radius 1 is 0.300 bits per heavy atom. The second-order valence-corrected chi connectivity index (χ2v) is 12.9. The molecular formula is C48H32N2. The van der Waals surface area contributed by atoms with Crippen molar-refractivity contribution in [3.05, 3.63) is 194 Å². The van der Waals surface area contributed by atoms with Gasteiger partial charge < -0.3 is 9.13 Å². The molecule has 10 rings (SSSR count). The Bertz CT molecular complexity index is 2840. The summed E-state index contributed by atoms with van der Waals surface area (Å²) in [4.78, 5) is 0. The molecule has 0 bridgehead atoms. The molecule has 0 fully saturated rings. The minimum absolute atomic E-state index is 1.17. The summed E-state index contributed by atoms with van der Waals surface area (Å²) in [6.07, 6.45) is 0. The van der Waals surface area contributed by atoms with E-state index in [1.165, 1.54) is 88.4 Å². The molecule has 0 saturated heterocycles. The highest BCUT2D eigenvalue weighted by molar-refractivity contribution is 6.18. The van der Waals surface area contributed by atoms with Gasteiger partial charge in [0.05, 0.1) is 27.8 Å². The maximum Gasteiger partial charge on any atom is 0.0547 e. The van der Waals surface area contributed by atoms with Gasteiger partial charge in [-0.05, 0) is 76.3 Å². The number of nitrogens with zero attached hydrogens (tertiary/aromatic N) is 2. The normalized spacial score (nSPS) is 11.6. The van der Waals surface area contributed by atoms with Crippen molar-refractivity contribution in [2.24, 2.45) is 0 Å². The maximum absolute atomic E-state index is 2.47. The van der Waals surface area contributed by atoms with Gasteiger partial charge in [-0.25, -0.2) is 0 Å². The molecule has 0 aliphatic heterocycles. The lowest BCUT2D eigenvalue weighted by molar-refractivity contribution is 1.18. The van der Waals surface area contributed by atoms with E-state index < -0.39 is 0 Å². The standard InChI is InChI=1S/C48H32N2/c1-4-16-33(17-5-1)37-24-14-28-45(47(37)34-18-6-2-7-19-34)50-43-27-13-11-23-40(43)48-38(25-15-29-46(48)50)35-30-31-44-41(32-35)39-22-10-12-26-42(39)49(44)36-20-8-3-9-21-36/h1-32H. The van der Waals surface area contributed by atoms with E-state index in [4.69, 9.17) is 0 Å². The van der Waals surface area contributed by atoms with Crippen LogP contribution in [0.2, 0.25) is 0 Å². The van der Waals surface area contributed by atoms with Crippen molar-refractivity contribution < 1.29 is 0 Å². The third-order valence-corrected chi connectivity index (χ3v) is 10.1. The zero-order chi connectivity index (χ0) is 33.0. The quantitative estimate of drug-likeness (QED) is 0.178. The summed E-state index contributed by atoms with van der Waals surface area (Å²) >= 11 is 0. The Balaban J connectivity index is 1.26. The van der Waals surface area contributed by atoms with Gasteiger partial charge in [-0.15, -0.1) is 0 Å². The van der Waals surface area contributed by atoms with Crippen molar-refractivity contribution in [1.82, 2.24) is 9.13 Å². The van der Waals surface area contributed by atoms with Crippen LogP contribution in [-0.4, -0.2) is 9.13 Å². The lowest BCUT2D eigenvalue weighted by Gasteiger charge is -2.18. The number of hydrogen-bond acceptors (Lipinski definition) is 0. The fraction of sp³-hybridized carbons (Fsp3) is 0. The number of aromatic nitrogens is 2. The van der Waals surface area contributed by atoms with Crippen LogP contribution in [0.3, 0.4) is 0 Å². The lowest BCUT2D eigenvalue weighted by atomic mass is 9.92. The molecule has 2 heterocycles. The van der Waals surface area contributed by atoms with Crippen molar-refractivity contribution >= 4 is 43.6 Å². The van der Waals surface area contributed by atoms with Crippen molar-refractivity contribution in [1.29, 1.82) is 0 Å². The largest absolute Gasteiger partial charge is 0.309 e. The van der Waals surface area contributed by atoms with Gasteiger partial charge in [0.1, 0.15) is 0 Å². The molecule has 10 aromatic rings. The smallest absolute Gasteiger partial charge is 0.0547 e. The monoisotopic (exact) mass is 636 g/mol. The van der Waals surface area contributed by atoms with E-state index in [9.17, 15) is 0 Å². The summed E-state index contributed by atoms with van der Waals surface area (Å²) in [6, 6.07) is 70.4. The molecule has 0 spiro atoms. The van der Waals surface area contributed by atoms with Crippen molar-refractivity contribution in [2.45, 2.75) is 0 Å². The molecule has 0 radical (unpaired) electrons. The first-order valence-corrected chi connectivity index (χ1v) is 17.2. The highest BCUT2D eigenvalue weighted by Crippen LogP contribution is 2.44. The first-order chi connectivity index (χ1) is 24.8. The number of hydrogen-bond donors (Lipinski definition) is 0. The maximum atomic E-state index is 2.47. The average molecular weight is 637 g/mol. The Labute approximate surface area is 290 Å². The fourth-order valence-corrected chi connectivity index (χ4v) is 8.01. The van der Waals surface area contributed by atoms with Gasteiger partial charge >= 0.3 is 0 Å². The predicted molar refractivity (Wildman–Crippen MR) is 211 cm³/mol. The van der Waals surface area contributed by atoms with Crippen LogP contribution in [0.25, 0.3) is 88.4 Å². The average Bonchev–Trinajstić information content (AvgIpc) is 3.71. The molecule has 0 saturated carbocycles. The Morgan fingerprint density at radius 2 is 0.860 bits per heavy atom. The predicted octanol–water partition coefficient (Wildman–Crippen LogP) is 12.9. The zero-order valence-corrected chi connectivity index (χ0v) is 27.4. The molecule has 8 aromatic carbocycles. The van der Waals surface area contributed by atoms with Crippen LogP contribution in [0, 0.1) is 0 Å². The lowest BCUT2D eigenvalue weighted by Crippen LogP contribution is -1.99. The van der Waals surface area contributed by atoms with Gasteiger partial charge in [0.25, 0.3) is 0 Å². The van der Waals surface area contributed by atoms with Crippen LogP contribution in [0.4, 0.5) is 0 Å². The van der Waals surface area contributed by atoms with Crippen LogP contribution in [0.1, 0.15) is 0 Å². The molecular weight excluding hydrogens is 605 g/mol. The van der Waals surface area contributed by atoms with E-state index in [0.717, 1.165) is 0 Å². The van der Waals surface area contributed by atoms with E-state index in [-0.39, 0.29) is 0 Å². The first-order valence-electron chi connectivity index (χ1n) is 17.2. The van der Waals surface area contributed by atoms with Crippen LogP contribution in [0.5, 0.6) is 0 Å². The minimum atomic E-state index is 1.17. The SMILES string of the molecule is c1ccc(-c2cccc(-n3c4ccccc4c4c(-c5ccc6c(c5)c5ccccc5n6-c5ccccc5)cccc43)c2-c2ccccc2)cc1. The summed E-state index contributed by atoms with van der Waals surface area (Å²) < 4.78 is 4.86. The number of para-hydroxylation sites is 3. The number of rotatable bonds is 5. The highest BCUT2D eigenvalue weighted by atomic mass is 15.0. The van der Waals surface area contributed by atoms with Gasteiger partial charge in [0.2, 0.25) is 0 Å². The van der Waals surface area contributed by atoms with Crippen LogP contribution in [-0.2, 0) is 0 Å². The highest BCUT2D eigenvalue weighted by Gasteiger charge is 2.21. The van der Waals surface area contributed by atoms with Gasteiger partial charge in [0, 0.05) is 32.8 Å². The molecule has 0 unspecified atom stereocenters. The molecule has 50 heavy (non-hydrogen) atoms. The third-order valence-electron chi connectivity index (χ3n) is 10.1. The number of benzene rings is 8. The molecule has 0 aliphatic carbocycles. The molecule has 234 valence electrons. The third kappa shape index (κ3) is 4.36. The van der Waals surface area contributed by atoms with Crippen molar-refractivity contribution in [2.75, 3.05) is 0 Å². The first kappa shape index (κ1) is 28.4. The number of fused-ring (bicyclic) bond motifs is 6. The molecule has 2 nitrogen and oxygen atoms in total. The van der Waals surface area contributed by atoms with Gasteiger partial charge in [0.15, 0.2) is 0 Å². The fourth-order valence-electron chi connectivity index (χ4n) is 8.01. The molecule has 0 N–H and O–H groups in total. The van der Waals surface area contributed by atoms with Gasteiger partial charge in [-0.2, -0.15) is 0 Å². The summed E-state index contributed by atoms with van der Waals surface area (Å²) in [7, 11) is 0. The van der Waals surface area contributed by atoms with Gasteiger partial charge in [-0.1, -0.05) is 146 Å². The van der Waals surface area contributed by atoms with E-state index in [0.29, 0.717) is 0 Å². The minimum Gasteiger partial charge on any atom is -0.309 e. The van der Waals surface area contributed by atoms with Gasteiger partial charge in [-0.3, -0.25) is 0 Å². The second-order valence-electron chi connectivity index (χ2n) is 12.9. The molecule has 2 heteroatoms. The Kier molecular flexibility index (Phi) is 6.53. The summed E-state index contributed by atoms with van der Waals surface area (Å²) in [5.74, 6) is 0. The van der Waals surface area contributed by atoms with E-state index >= 15 is 0 Å². The Morgan fingerprint density at radius 3 is 1.62 bits per heavy atom. The van der Waals surface area contributed by atoms with Crippen molar-refractivity contribution in [3.8, 4) is 44.8 Å². The topological polar surface area (TPSA) is 9.86 Å². The second kappa shape index (κ2) is 11.5. The van der Waals surface area contributed by atoms with Crippen LogP contribution < -0.4 is 0 Å². The molecule has 0 amide bonds. The zero-order valence-electron chi connectivity index (χ0n) is 27.4. The summed E-state index contributed by atoms with van der Waals surface area (Å²) in [5.41, 5.74) is 14.4. The van der Waals surface area contributed by atoms with E-state index in [2.05, 4.69) is 203 Å². The molecule has 2 aromatic heterocycles. The molecule has 0 aliphatic rings. The van der Waals surface area contributed by atoms with Crippen molar-refractivity contribution in [3.63, 3.8) is 0 Å².